The molecule has 0 fully saturated rings. The van der Waals surface area contributed by atoms with Crippen LogP contribution >= 0.6 is 0 Å². The minimum Gasteiger partial charge on any atom is -0.497 e. The van der Waals surface area contributed by atoms with E-state index < -0.39 is 6.10 Å². The minimum atomic E-state index is -0.482. The molecule has 2 atom stereocenters. The van der Waals surface area contributed by atoms with Crippen molar-refractivity contribution in [3.05, 3.63) is 59.2 Å². The monoisotopic (exact) mass is 339 g/mol. The van der Waals surface area contributed by atoms with Crippen molar-refractivity contribution >= 4 is 11.5 Å². The van der Waals surface area contributed by atoms with E-state index in [9.17, 15) is 5.11 Å². The Balaban J connectivity index is 1.56. The van der Waals surface area contributed by atoms with Gasteiger partial charge in [0.1, 0.15) is 5.75 Å². The number of anilines is 1. The quantitative estimate of drug-likeness (QED) is 0.578. The molecule has 1 aliphatic carbocycles. The molecule has 0 saturated carbocycles. The largest absolute Gasteiger partial charge is 0.497 e. The third-order valence-corrected chi connectivity index (χ3v) is 4.58. The van der Waals surface area contributed by atoms with Crippen LogP contribution in [0.15, 0.2) is 47.5 Å². The highest BCUT2D eigenvalue weighted by atomic mass is 16.5. The molecule has 0 radical (unpaired) electrons. The van der Waals surface area contributed by atoms with Gasteiger partial charge in [-0.3, -0.25) is 4.99 Å². The summed E-state index contributed by atoms with van der Waals surface area (Å²) in [5.41, 5.74) is 10.4. The number of benzene rings is 2. The maximum absolute atomic E-state index is 9.87. The normalized spacial score (nSPS) is 19.6. The number of aliphatic imine (C=N–C) groups is 1. The summed E-state index contributed by atoms with van der Waals surface area (Å²) in [5, 5.41) is 13.2. The first-order valence-electron chi connectivity index (χ1n) is 8.54. The van der Waals surface area contributed by atoms with E-state index in [0.717, 1.165) is 34.8 Å². The Hall–Kier alpha value is -2.37. The number of ether oxygens (including phenoxy) is 1. The van der Waals surface area contributed by atoms with Crippen molar-refractivity contribution in [2.24, 2.45) is 10.7 Å². The van der Waals surface area contributed by atoms with Crippen LogP contribution in [0.5, 0.6) is 5.75 Å². The molecule has 0 saturated heterocycles. The van der Waals surface area contributed by atoms with Gasteiger partial charge in [0.2, 0.25) is 0 Å². The summed E-state index contributed by atoms with van der Waals surface area (Å²) in [4.78, 5) is 4.58. The maximum Gasteiger partial charge on any atom is 0.118 e. The van der Waals surface area contributed by atoms with Crippen LogP contribution in [0.3, 0.4) is 0 Å². The standard InChI is InChI=1S/C20H25N3O2/c1-13(22-10-9-14-3-7-17(25-2)8-4-14)23-16-6-5-15-11-19(24)20(21)18(15)12-16/h3-8,12,19-20,24H,9-11,21H2,1-2H3,(H,22,23)/t19-,20-/m1/s1. The smallest absolute Gasteiger partial charge is 0.118 e. The average molecular weight is 339 g/mol. The van der Waals surface area contributed by atoms with Gasteiger partial charge in [-0.2, -0.15) is 0 Å². The van der Waals surface area contributed by atoms with Gasteiger partial charge in [-0.05, 0) is 54.3 Å². The molecular formula is C20H25N3O2. The molecule has 0 unspecified atom stereocenters. The highest BCUT2D eigenvalue weighted by Gasteiger charge is 2.27. The molecule has 1 aliphatic rings. The topological polar surface area (TPSA) is 79.9 Å². The zero-order valence-corrected chi connectivity index (χ0v) is 14.7. The third kappa shape index (κ3) is 4.18. The molecule has 0 spiro atoms. The number of nitrogens with one attached hydrogen (secondary N) is 1. The molecular weight excluding hydrogens is 314 g/mol. The Morgan fingerprint density at radius 2 is 2.04 bits per heavy atom. The van der Waals surface area contributed by atoms with Gasteiger partial charge in [0.15, 0.2) is 0 Å². The number of hydrogen-bond acceptors (Lipinski definition) is 4. The lowest BCUT2D eigenvalue weighted by Crippen LogP contribution is -2.21. The van der Waals surface area contributed by atoms with Crippen molar-refractivity contribution in [3.63, 3.8) is 0 Å². The van der Waals surface area contributed by atoms with E-state index in [0.29, 0.717) is 13.0 Å². The lowest BCUT2D eigenvalue weighted by molar-refractivity contribution is 0.158. The number of aliphatic hydroxyl groups excluding tert-OH is 1. The summed E-state index contributed by atoms with van der Waals surface area (Å²) >= 11 is 0. The number of amidine groups is 1. The predicted octanol–water partition coefficient (Wildman–Crippen LogP) is 2.69. The van der Waals surface area contributed by atoms with Crippen molar-refractivity contribution in [3.8, 4) is 5.75 Å². The van der Waals surface area contributed by atoms with Crippen LogP contribution in [0, 0.1) is 0 Å². The number of rotatable bonds is 5. The highest BCUT2D eigenvalue weighted by molar-refractivity contribution is 5.93. The highest BCUT2D eigenvalue weighted by Crippen LogP contribution is 2.31. The van der Waals surface area contributed by atoms with Gasteiger partial charge in [-0.25, -0.2) is 0 Å². The number of nitrogens with two attached hydrogens (primary N) is 1. The van der Waals surface area contributed by atoms with Crippen molar-refractivity contribution < 1.29 is 9.84 Å². The predicted molar refractivity (Wildman–Crippen MR) is 101 cm³/mol. The van der Waals surface area contributed by atoms with Gasteiger partial charge < -0.3 is 20.9 Å². The molecule has 25 heavy (non-hydrogen) atoms. The second-order valence-electron chi connectivity index (χ2n) is 6.40. The van der Waals surface area contributed by atoms with Gasteiger partial charge in [-0.1, -0.05) is 18.2 Å². The van der Waals surface area contributed by atoms with Crippen LogP contribution in [-0.4, -0.2) is 30.7 Å². The van der Waals surface area contributed by atoms with Crippen LogP contribution in [0.4, 0.5) is 5.69 Å². The van der Waals surface area contributed by atoms with E-state index in [1.807, 2.05) is 37.3 Å². The number of hydrogen-bond donors (Lipinski definition) is 3. The summed E-state index contributed by atoms with van der Waals surface area (Å²) in [6.45, 7) is 2.67. The summed E-state index contributed by atoms with van der Waals surface area (Å²) < 4.78 is 5.16. The van der Waals surface area contributed by atoms with Crippen LogP contribution in [0.2, 0.25) is 0 Å². The Morgan fingerprint density at radius 1 is 1.28 bits per heavy atom. The van der Waals surface area contributed by atoms with Gasteiger partial charge in [0.25, 0.3) is 0 Å². The molecule has 4 N–H and O–H groups in total. The molecule has 2 aromatic rings. The fourth-order valence-electron chi connectivity index (χ4n) is 3.12. The summed E-state index contributed by atoms with van der Waals surface area (Å²) in [6.07, 6.45) is 1.03. The molecule has 0 bridgehead atoms. The Morgan fingerprint density at radius 3 is 2.76 bits per heavy atom. The SMILES string of the molecule is COc1ccc(CCN=C(C)Nc2ccc3c(c2)[C@@H](N)[C@H](O)C3)cc1. The van der Waals surface area contributed by atoms with Gasteiger partial charge >= 0.3 is 0 Å². The second-order valence-corrected chi connectivity index (χ2v) is 6.40. The first kappa shape index (κ1) is 17.5. The van der Waals surface area contributed by atoms with Crippen molar-refractivity contribution in [1.82, 2.24) is 0 Å². The van der Waals surface area contributed by atoms with Gasteiger partial charge in [-0.15, -0.1) is 0 Å². The molecule has 132 valence electrons. The third-order valence-electron chi connectivity index (χ3n) is 4.58. The zero-order chi connectivity index (χ0) is 17.8. The number of aliphatic hydroxyl groups is 1. The van der Waals surface area contributed by atoms with E-state index in [1.54, 1.807) is 7.11 Å². The summed E-state index contributed by atoms with van der Waals surface area (Å²) in [6, 6.07) is 13.8. The second kappa shape index (κ2) is 7.68. The van der Waals surface area contributed by atoms with Crippen LogP contribution in [0.25, 0.3) is 0 Å². The molecule has 5 heteroatoms. The van der Waals surface area contributed by atoms with E-state index >= 15 is 0 Å². The first-order chi connectivity index (χ1) is 12.1. The zero-order valence-electron chi connectivity index (χ0n) is 14.7. The Labute approximate surface area is 148 Å². The van der Waals surface area contributed by atoms with Crippen LogP contribution in [0.1, 0.15) is 29.7 Å². The van der Waals surface area contributed by atoms with Crippen LogP contribution in [-0.2, 0) is 12.8 Å². The van der Waals surface area contributed by atoms with E-state index in [-0.39, 0.29) is 6.04 Å². The molecule has 2 aromatic carbocycles. The van der Waals surface area contributed by atoms with E-state index in [2.05, 4.69) is 22.4 Å². The lowest BCUT2D eigenvalue weighted by Gasteiger charge is -2.11. The lowest BCUT2D eigenvalue weighted by atomic mass is 10.1. The molecule has 5 nitrogen and oxygen atoms in total. The number of fused-ring (bicyclic) bond motifs is 1. The molecule has 0 amide bonds. The van der Waals surface area contributed by atoms with E-state index in [1.165, 1.54) is 5.56 Å². The summed E-state index contributed by atoms with van der Waals surface area (Å²) in [5.74, 6) is 1.73. The maximum atomic E-state index is 9.87. The fraction of sp³-hybridized carbons (Fsp3) is 0.350. The Kier molecular flexibility index (Phi) is 5.36. The van der Waals surface area contributed by atoms with E-state index in [4.69, 9.17) is 10.5 Å². The van der Waals surface area contributed by atoms with Crippen molar-refractivity contribution in [2.45, 2.75) is 31.9 Å². The Bertz CT molecular complexity index is 756. The minimum absolute atomic E-state index is 0.302. The number of methoxy groups -OCH3 is 1. The average Bonchev–Trinajstić information content (AvgIpc) is 2.90. The van der Waals surface area contributed by atoms with Gasteiger partial charge in [0.05, 0.1) is 25.1 Å². The molecule has 3 rings (SSSR count). The van der Waals surface area contributed by atoms with Crippen molar-refractivity contribution in [2.75, 3.05) is 19.0 Å². The van der Waals surface area contributed by atoms with Crippen molar-refractivity contribution in [1.29, 1.82) is 0 Å². The molecule has 0 aromatic heterocycles. The van der Waals surface area contributed by atoms with Crippen LogP contribution < -0.4 is 15.8 Å². The molecule has 0 aliphatic heterocycles. The fourth-order valence-corrected chi connectivity index (χ4v) is 3.12. The first-order valence-corrected chi connectivity index (χ1v) is 8.54. The summed E-state index contributed by atoms with van der Waals surface area (Å²) in [7, 11) is 1.67. The number of nitrogens with zero attached hydrogens (tertiary/aromatic N) is 1. The molecule has 0 heterocycles. The van der Waals surface area contributed by atoms with Gasteiger partial charge in [0, 0.05) is 18.7 Å².